The molecular weight excluding hydrogens is 356 g/mol. The van der Waals surface area contributed by atoms with Gasteiger partial charge in [0.25, 0.3) is 0 Å². The van der Waals surface area contributed by atoms with Gasteiger partial charge < -0.3 is 20.1 Å². The van der Waals surface area contributed by atoms with E-state index >= 15 is 0 Å². The molecule has 0 saturated carbocycles. The summed E-state index contributed by atoms with van der Waals surface area (Å²) in [5.74, 6) is -1.02. The Balaban J connectivity index is 0.00000338. The summed E-state index contributed by atoms with van der Waals surface area (Å²) in [6.45, 7) is 2.78. The molecule has 146 valence electrons. The third kappa shape index (κ3) is 5.97. The van der Waals surface area contributed by atoms with Crippen molar-refractivity contribution in [3.05, 3.63) is 35.9 Å². The van der Waals surface area contributed by atoms with Gasteiger partial charge in [-0.3, -0.25) is 4.79 Å². The highest BCUT2D eigenvalue weighted by atomic mass is 35.5. The van der Waals surface area contributed by atoms with Crippen molar-refractivity contribution in [1.82, 2.24) is 10.6 Å². The fraction of sp³-hybridized carbons (Fsp3) is 0.579. The smallest absolute Gasteiger partial charge is 0.328 e. The van der Waals surface area contributed by atoms with Crippen LogP contribution >= 0.6 is 12.4 Å². The number of halogens is 1. The number of benzene rings is 1. The van der Waals surface area contributed by atoms with E-state index in [0.717, 1.165) is 24.9 Å². The minimum atomic E-state index is -0.712. The molecule has 1 aromatic rings. The second kappa shape index (κ2) is 11.2. The number of esters is 1. The molecule has 1 aliphatic rings. The highest BCUT2D eigenvalue weighted by Crippen LogP contribution is 2.19. The summed E-state index contributed by atoms with van der Waals surface area (Å²) in [5.41, 5.74) is 0.964. The van der Waals surface area contributed by atoms with Crippen LogP contribution in [0.2, 0.25) is 0 Å². The van der Waals surface area contributed by atoms with Gasteiger partial charge >= 0.3 is 5.97 Å². The molecule has 1 heterocycles. The average Bonchev–Trinajstić information content (AvgIpc) is 3.16. The molecule has 6 nitrogen and oxygen atoms in total. The van der Waals surface area contributed by atoms with E-state index in [-0.39, 0.29) is 36.4 Å². The van der Waals surface area contributed by atoms with Gasteiger partial charge in [-0.2, -0.15) is 0 Å². The van der Waals surface area contributed by atoms with Gasteiger partial charge in [-0.05, 0) is 24.9 Å². The fourth-order valence-electron chi connectivity index (χ4n) is 3.35. The van der Waals surface area contributed by atoms with Crippen molar-refractivity contribution >= 4 is 24.3 Å². The minimum Gasteiger partial charge on any atom is -0.467 e. The highest BCUT2D eigenvalue weighted by Gasteiger charge is 2.34. The van der Waals surface area contributed by atoms with Crippen LogP contribution in [0.4, 0.5) is 0 Å². The Labute approximate surface area is 161 Å². The summed E-state index contributed by atoms with van der Waals surface area (Å²) in [5, 5.41) is 6.21. The molecule has 0 aliphatic carbocycles. The van der Waals surface area contributed by atoms with Crippen molar-refractivity contribution in [3.8, 4) is 0 Å². The molecule has 4 atom stereocenters. The quantitative estimate of drug-likeness (QED) is 0.667. The lowest BCUT2D eigenvalue weighted by Gasteiger charge is -2.28. The lowest BCUT2D eigenvalue weighted by Crippen LogP contribution is -2.50. The molecule has 1 aromatic carbocycles. The monoisotopic (exact) mass is 384 g/mol. The van der Waals surface area contributed by atoms with Crippen LogP contribution < -0.4 is 10.6 Å². The van der Waals surface area contributed by atoms with Crippen LogP contribution in [0.15, 0.2) is 30.3 Å². The fourth-order valence-corrected chi connectivity index (χ4v) is 3.35. The zero-order valence-electron chi connectivity index (χ0n) is 15.6. The van der Waals surface area contributed by atoms with Crippen molar-refractivity contribution in [3.63, 3.8) is 0 Å². The van der Waals surface area contributed by atoms with E-state index in [2.05, 4.69) is 10.6 Å². The second-order valence-electron chi connectivity index (χ2n) is 6.47. The third-order valence-electron chi connectivity index (χ3n) is 4.76. The SMILES string of the molecule is COC(=O)C(Cc1ccccc1)NC(=O)C(C)C(OC)C1CCCN1.Cl. The first-order chi connectivity index (χ1) is 12.1. The number of methoxy groups -OCH3 is 2. The van der Waals surface area contributed by atoms with Crippen molar-refractivity contribution in [1.29, 1.82) is 0 Å². The van der Waals surface area contributed by atoms with Gasteiger partial charge in [-0.15, -0.1) is 12.4 Å². The topological polar surface area (TPSA) is 76.7 Å². The van der Waals surface area contributed by atoms with Gasteiger partial charge in [0, 0.05) is 19.6 Å². The van der Waals surface area contributed by atoms with Gasteiger partial charge in [-0.25, -0.2) is 4.79 Å². The molecule has 1 aliphatic heterocycles. The first kappa shape index (κ1) is 22.4. The van der Waals surface area contributed by atoms with Crippen LogP contribution in [0.5, 0.6) is 0 Å². The molecule has 0 aromatic heterocycles. The first-order valence-corrected chi connectivity index (χ1v) is 8.75. The maximum atomic E-state index is 12.7. The first-order valence-electron chi connectivity index (χ1n) is 8.75. The number of ether oxygens (including phenoxy) is 2. The molecule has 7 heteroatoms. The summed E-state index contributed by atoms with van der Waals surface area (Å²) in [6.07, 6.45) is 2.24. The third-order valence-corrected chi connectivity index (χ3v) is 4.76. The number of rotatable bonds is 8. The van der Waals surface area contributed by atoms with Crippen LogP contribution in [-0.4, -0.2) is 50.8 Å². The van der Waals surface area contributed by atoms with Gasteiger partial charge in [0.2, 0.25) is 5.91 Å². The Hall–Kier alpha value is -1.63. The molecule has 0 spiro atoms. The number of nitrogens with one attached hydrogen (secondary N) is 2. The van der Waals surface area contributed by atoms with Crippen LogP contribution in [0.3, 0.4) is 0 Å². The van der Waals surface area contributed by atoms with Crippen molar-refractivity contribution in [2.45, 2.75) is 44.4 Å². The number of carbonyl (C=O) groups excluding carboxylic acids is 2. The Morgan fingerprint density at radius 2 is 1.96 bits per heavy atom. The molecule has 1 saturated heterocycles. The Kier molecular flexibility index (Phi) is 9.62. The zero-order valence-corrected chi connectivity index (χ0v) is 16.4. The summed E-state index contributed by atoms with van der Waals surface area (Å²) in [7, 11) is 2.95. The van der Waals surface area contributed by atoms with E-state index in [9.17, 15) is 9.59 Å². The lowest BCUT2D eigenvalue weighted by atomic mass is 9.95. The summed E-state index contributed by atoms with van der Waals surface area (Å²) in [4.78, 5) is 24.8. The van der Waals surface area contributed by atoms with Crippen molar-refractivity contribution in [2.75, 3.05) is 20.8 Å². The van der Waals surface area contributed by atoms with Crippen LogP contribution in [0.1, 0.15) is 25.3 Å². The molecule has 0 radical (unpaired) electrons. The zero-order chi connectivity index (χ0) is 18.2. The highest BCUT2D eigenvalue weighted by molar-refractivity contribution is 5.86. The van der Waals surface area contributed by atoms with Crippen molar-refractivity contribution < 1.29 is 19.1 Å². The van der Waals surface area contributed by atoms with Gasteiger partial charge in [0.15, 0.2) is 0 Å². The molecule has 2 rings (SSSR count). The van der Waals surface area contributed by atoms with E-state index in [0.29, 0.717) is 6.42 Å². The molecule has 4 unspecified atom stereocenters. The standard InChI is InChI=1S/C19H28N2O4.ClH/c1-13(17(24-2)15-10-7-11-20-15)18(22)21-16(19(23)25-3)12-14-8-5-4-6-9-14;/h4-6,8-9,13,15-17,20H,7,10-12H2,1-3H3,(H,21,22);1H. The Morgan fingerprint density at radius 1 is 1.27 bits per heavy atom. The van der Waals surface area contributed by atoms with Crippen LogP contribution in [0.25, 0.3) is 0 Å². The molecule has 0 bridgehead atoms. The predicted octanol–water partition coefficient (Wildman–Crippen LogP) is 1.71. The van der Waals surface area contributed by atoms with E-state index < -0.39 is 12.0 Å². The number of hydrogen-bond acceptors (Lipinski definition) is 5. The van der Waals surface area contributed by atoms with E-state index in [4.69, 9.17) is 9.47 Å². The minimum absolute atomic E-state index is 0. The van der Waals surface area contributed by atoms with E-state index in [1.807, 2.05) is 37.3 Å². The summed E-state index contributed by atoms with van der Waals surface area (Å²) >= 11 is 0. The largest absolute Gasteiger partial charge is 0.467 e. The summed E-state index contributed by atoms with van der Waals surface area (Å²) < 4.78 is 10.4. The molecule has 1 fully saturated rings. The summed E-state index contributed by atoms with van der Waals surface area (Å²) in [6, 6.07) is 9.02. The average molecular weight is 385 g/mol. The molecular formula is C19H29ClN2O4. The predicted molar refractivity (Wildman–Crippen MR) is 102 cm³/mol. The van der Waals surface area contributed by atoms with Gasteiger partial charge in [-0.1, -0.05) is 37.3 Å². The Morgan fingerprint density at radius 3 is 2.50 bits per heavy atom. The van der Waals surface area contributed by atoms with E-state index in [1.165, 1.54) is 7.11 Å². The van der Waals surface area contributed by atoms with Gasteiger partial charge in [0.1, 0.15) is 6.04 Å². The van der Waals surface area contributed by atoms with E-state index in [1.54, 1.807) is 7.11 Å². The van der Waals surface area contributed by atoms with Crippen LogP contribution in [-0.2, 0) is 25.5 Å². The lowest BCUT2D eigenvalue weighted by molar-refractivity contribution is -0.146. The molecule has 1 amide bonds. The maximum Gasteiger partial charge on any atom is 0.328 e. The normalized spacial score (nSPS) is 19.7. The number of hydrogen-bond donors (Lipinski definition) is 2. The van der Waals surface area contributed by atoms with Gasteiger partial charge in [0.05, 0.1) is 19.1 Å². The number of amides is 1. The maximum absolute atomic E-state index is 12.7. The Bertz CT molecular complexity index is 564. The molecule has 26 heavy (non-hydrogen) atoms. The van der Waals surface area contributed by atoms with Crippen molar-refractivity contribution in [2.24, 2.45) is 5.92 Å². The molecule has 2 N–H and O–H groups in total. The van der Waals surface area contributed by atoms with Crippen LogP contribution in [0, 0.1) is 5.92 Å². The number of carbonyl (C=O) groups is 2. The second-order valence-corrected chi connectivity index (χ2v) is 6.47.